The van der Waals surface area contributed by atoms with E-state index in [2.05, 4.69) is 0 Å². The Morgan fingerprint density at radius 1 is 0.909 bits per heavy atom. The van der Waals surface area contributed by atoms with Gasteiger partial charge in [0.05, 0.1) is 10.1 Å². The largest absolute Gasteiger partial charge is 0.298 e. The molecule has 0 aliphatic heterocycles. The third kappa shape index (κ3) is 7.96. The fraction of sp³-hybridized carbons (Fsp3) is 0.400. The van der Waals surface area contributed by atoms with Crippen LogP contribution in [0.2, 0.25) is 0 Å². The first kappa shape index (κ1) is 11.1. The van der Waals surface area contributed by atoms with Crippen molar-refractivity contribution in [3.05, 3.63) is 0 Å². The van der Waals surface area contributed by atoms with Crippen molar-refractivity contribution in [3.63, 3.8) is 0 Å². The molecule has 0 unspecified atom stereocenters. The number of hydrogen-bond donors (Lipinski definition) is 3. The Labute approximate surface area is 78.0 Å². The van der Waals surface area contributed by atoms with Crippen LogP contribution in [0, 0.1) is 16.2 Å². The minimum atomic E-state index is 0.356. The Hall–Kier alpha value is 0.0600. The van der Waals surface area contributed by atoms with Crippen LogP contribution in [0.3, 0.4) is 0 Å². The number of nitrogens with one attached hydrogen (secondary N) is 3. The lowest BCUT2D eigenvalue weighted by Gasteiger charge is -1.98. The predicted octanol–water partition coefficient (Wildman–Crippen LogP) is 3.03. The Balaban J connectivity index is 3.53. The molecule has 0 spiro atoms. The van der Waals surface area contributed by atoms with Crippen LogP contribution in [0.15, 0.2) is 0 Å². The van der Waals surface area contributed by atoms with Crippen LogP contribution in [0.1, 0.15) is 13.8 Å². The number of hydrogen-bond acceptors (Lipinski definition) is 6. The van der Waals surface area contributed by atoms with E-state index in [0.29, 0.717) is 14.5 Å². The average Bonchev–Trinajstić information content (AvgIpc) is 1.82. The van der Waals surface area contributed by atoms with Crippen molar-refractivity contribution >= 4 is 47.8 Å². The molecule has 0 atom stereocenters. The second kappa shape index (κ2) is 5.68. The first-order chi connectivity index (χ1) is 5.02. The van der Waals surface area contributed by atoms with Gasteiger partial charge in [0, 0.05) is 0 Å². The van der Waals surface area contributed by atoms with Crippen LogP contribution in [0.25, 0.3) is 0 Å². The molecule has 0 aromatic heterocycles. The van der Waals surface area contributed by atoms with Gasteiger partial charge < -0.3 is 0 Å². The molecule has 11 heavy (non-hydrogen) atoms. The summed E-state index contributed by atoms with van der Waals surface area (Å²) in [5, 5.41) is 22.3. The molecule has 62 valence electrons. The second-order valence-electron chi connectivity index (χ2n) is 1.67. The molecule has 0 heterocycles. The molecule has 0 saturated heterocycles. The van der Waals surface area contributed by atoms with Gasteiger partial charge in [-0.25, -0.2) is 0 Å². The van der Waals surface area contributed by atoms with Crippen LogP contribution >= 0.6 is 33.3 Å². The fourth-order valence-corrected chi connectivity index (χ4v) is 2.46. The quantitative estimate of drug-likeness (QED) is 0.325. The summed E-state index contributed by atoms with van der Waals surface area (Å²) < 4.78 is 0.356. The molecule has 3 nitrogen and oxygen atoms in total. The van der Waals surface area contributed by atoms with Gasteiger partial charge >= 0.3 is 0 Å². The lowest BCUT2D eigenvalue weighted by atomic mass is 10.9. The molecule has 0 saturated carbocycles. The zero-order valence-corrected chi connectivity index (χ0v) is 8.67. The van der Waals surface area contributed by atoms with E-state index in [-0.39, 0.29) is 0 Å². The molecule has 6 heteroatoms. The molecule has 0 bridgehead atoms. The Morgan fingerprint density at radius 3 is 1.82 bits per heavy atom. The van der Waals surface area contributed by atoms with E-state index in [1.165, 1.54) is 21.6 Å². The monoisotopic (exact) mass is 207 g/mol. The van der Waals surface area contributed by atoms with E-state index in [4.69, 9.17) is 16.2 Å². The summed E-state index contributed by atoms with van der Waals surface area (Å²) in [6.07, 6.45) is 0. The zero-order valence-electron chi connectivity index (χ0n) is 6.22. The van der Waals surface area contributed by atoms with Crippen molar-refractivity contribution in [2.75, 3.05) is 0 Å². The molecule has 0 aliphatic rings. The van der Waals surface area contributed by atoms with Gasteiger partial charge in [-0.1, -0.05) is 0 Å². The van der Waals surface area contributed by atoms with E-state index < -0.39 is 0 Å². The van der Waals surface area contributed by atoms with Crippen molar-refractivity contribution in [2.45, 2.75) is 13.8 Å². The summed E-state index contributed by atoms with van der Waals surface area (Å²) >= 11 is 1.11. The summed E-state index contributed by atoms with van der Waals surface area (Å²) in [6, 6.07) is 0. The molecule has 0 aromatic rings. The number of rotatable bonds is 0. The highest BCUT2D eigenvalue weighted by molar-refractivity contribution is 8.90. The summed E-state index contributed by atoms with van der Waals surface area (Å²) in [5.41, 5.74) is 0. The third-order valence-corrected chi connectivity index (χ3v) is 3.78. The highest BCUT2D eigenvalue weighted by Gasteiger charge is 2.01. The molecule has 0 rings (SSSR count). The number of thioether (sulfide) groups is 1. The zero-order chi connectivity index (χ0) is 8.85. The lowest BCUT2D eigenvalue weighted by molar-refractivity contribution is 1.53. The lowest BCUT2D eigenvalue weighted by Crippen LogP contribution is -1.86. The van der Waals surface area contributed by atoms with Crippen molar-refractivity contribution in [1.29, 1.82) is 16.2 Å². The molecular weight excluding hydrogens is 198 g/mol. The predicted molar refractivity (Wildman–Crippen MR) is 57.3 cm³/mol. The van der Waals surface area contributed by atoms with E-state index in [1.54, 1.807) is 13.8 Å². The van der Waals surface area contributed by atoms with Gasteiger partial charge in [-0.15, -0.1) is 0 Å². The Morgan fingerprint density at radius 2 is 1.45 bits per heavy atom. The van der Waals surface area contributed by atoms with Crippen LogP contribution in [0.4, 0.5) is 0 Å². The van der Waals surface area contributed by atoms with Gasteiger partial charge in [0.1, 0.15) is 4.38 Å². The SMILES string of the molecule is CC(=N)SSC(=N)SC(C)=N. The maximum Gasteiger partial charge on any atom is 0.138 e. The van der Waals surface area contributed by atoms with Gasteiger partial charge in [-0.2, -0.15) is 0 Å². The van der Waals surface area contributed by atoms with Gasteiger partial charge in [0.25, 0.3) is 0 Å². The second-order valence-corrected chi connectivity index (χ2v) is 5.51. The van der Waals surface area contributed by atoms with Gasteiger partial charge in [-0.05, 0) is 47.2 Å². The van der Waals surface area contributed by atoms with Crippen molar-refractivity contribution < 1.29 is 0 Å². The molecule has 3 N–H and O–H groups in total. The molecular formula is C5H9N3S3. The van der Waals surface area contributed by atoms with Gasteiger partial charge in [0.15, 0.2) is 0 Å². The van der Waals surface area contributed by atoms with Crippen molar-refractivity contribution in [1.82, 2.24) is 0 Å². The first-order valence-electron chi connectivity index (χ1n) is 2.73. The van der Waals surface area contributed by atoms with E-state index in [0.717, 1.165) is 11.8 Å². The van der Waals surface area contributed by atoms with Crippen LogP contribution in [0.5, 0.6) is 0 Å². The topological polar surface area (TPSA) is 71.6 Å². The first-order valence-corrected chi connectivity index (χ1v) is 5.70. The van der Waals surface area contributed by atoms with Crippen LogP contribution < -0.4 is 0 Å². The minimum absolute atomic E-state index is 0.356. The summed E-state index contributed by atoms with van der Waals surface area (Å²) in [6.45, 7) is 3.31. The van der Waals surface area contributed by atoms with E-state index in [9.17, 15) is 0 Å². The highest BCUT2D eigenvalue weighted by atomic mass is 33.1. The van der Waals surface area contributed by atoms with Crippen LogP contribution in [-0.4, -0.2) is 14.5 Å². The smallest absolute Gasteiger partial charge is 0.138 e. The molecule has 0 amide bonds. The normalized spacial score (nSPS) is 9.27. The van der Waals surface area contributed by atoms with E-state index in [1.807, 2.05) is 0 Å². The summed E-state index contributed by atoms with van der Waals surface area (Å²) in [5.74, 6) is 0. The summed E-state index contributed by atoms with van der Waals surface area (Å²) in [7, 11) is 2.45. The average molecular weight is 207 g/mol. The van der Waals surface area contributed by atoms with Crippen LogP contribution in [-0.2, 0) is 0 Å². The van der Waals surface area contributed by atoms with Gasteiger partial charge in [-0.3, -0.25) is 16.2 Å². The molecule has 0 radical (unpaired) electrons. The third-order valence-electron chi connectivity index (χ3n) is 0.488. The van der Waals surface area contributed by atoms with Gasteiger partial charge in [0.2, 0.25) is 0 Å². The molecule has 0 aromatic carbocycles. The van der Waals surface area contributed by atoms with Crippen molar-refractivity contribution in [3.8, 4) is 0 Å². The summed E-state index contributed by atoms with van der Waals surface area (Å²) in [4.78, 5) is 0. The van der Waals surface area contributed by atoms with Crippen molar-refractivity contribution in [2.24, 2.45) is 0 Å². The molecule has 0 fully saturated rings. The Kier molecular flexibility index (Phi) is 5.71. The maximum absolute atomic E-state index is 7.28. The van der Waals surface area contributed by atoms with E-state index >= 15 is 0 Å². The molecule has 0 aliphatic carbocycles. The maximum atomic E-state index is 7.28. The fourth-order valence-electron chi connectivity index (χ4n) is 0.256. The minimum Gasteiger partial charge on any atom is -0.298 e. The highest BCUT2D eigenvalue weighted by Crippen LogP contribution is 2.28. The Bertz CT molecular complexity index is 189. The standard InChI is InChI=1S/C5H9N3S3/c1-3(6)9-5(8)11-10-4(2)7/h6-8H,1-2H3.